The van der Waals surface area contributed by atoms with Gasteiger partial charge >= 0.3 is 5.91 Å². The van der Waals surface area contributed by atoms with E-state index in [0.717, 1.165) is 0 Å². The molecule has 1 saturated heterocycles. The number of ether oxygens (including phenoxy) is 2. The highest BCUT2D eigenvalue weighted by molar-refractivity contribution is 7.14. The maximum atomic E-state index is 13.1. The van der Waals surface area contributed by atoms with E-state index in [2.05, 4.69) is 11.6 Å². The third-order valence-electron chi connectivity index (χ3n) is 5.07. The van der Waals surface area contributed by atoms with Crippen LogP contribution in [0.4, 0.5) is 5.13 Å². The van der Waals surface area contributed by atoms with Crippen molar-refractivity contribution in [2.45, 2.75) is 13.0 Å². The lowest BCUT2D eigenvalue weighted by molar-refractivity contribution is -0.132. The number of amides is 1. The zero-order chi connectivity index (χ0) is 23.4. The van der Waals surface area contributed by atoms with Crippen molar-refractivity contribution in [3.8, 4) is 11.5 Å². The Bertz CT molecular complexity index is 1180. The molecule has 1 amide bonds. The minimum absolute atomic E-state index is 0.000815. The van der Waals surface area contributed by atoms with Crippen LogP contribution in [-0.4, -0.2) is 35.0 Å². The smallest absolute Gasteiger partial charge is 0.301 e. The molecule has 7 nitrogen and oxygen atoms in total. The molecule has 33 heavy (non-hydrogen) atoms. The number of aliphatic hydroxyl groups is 1. The molecule has 1 aromatic heterocycles. The molecule has 0 saturated carbocycles. The molecule has 1 fully saturated rings. The molecule has 2 heterocycles. The van der Waals surface area contributed by atoms with Crippen molar-refractivity contribution in [2.75, 3.05) is 18.1 Å². The number of hydrogen-bond donors (Lipinski definition) is 1. The van der Waals surface area contributed by atoms with Gasteiger partial charge in [-0.05, 0) is 48.9 Å². The molecule has 0 aliphatic carbocycles. The number of aliphatic hydroxyl groups excluding tert-OH is 1. The Labute approximate surface area is 195 Å². The number of ketones is 1. The average Bonchev–Trinajstić information content (AvgIpc) is 3.45. The van der Waals surface area contributed by atoms with Gasteiger partial charge < -0.3 is 14.6 Å². The van der Waals surface area contributed by atoms with Gasteiger partial charge in [-0.15, -0.1) is 11.3 Å². The van der Waals surface area contributed by atoms with Crippen LogP contribution in [-0.2, 0) is 9.59 Å². The minimum Gasteiger partial charge on any atom is -0.507 e. The molecule has 0 radical (unpaired) electrons. The summed E-state index contributed by atoms with van der Waals surface area (Å²) in [6.45, 7) is 6.37. The fraction of sp³-hybridized carbons (Fsp3) is 0.160. The maximum Gasteiger partial charge on any atom is 0.301 e. The normalized spacial score (nSPS) is 17.2. The summed E-state index contributed by atoms with van der Waals surface area (Å²) in [5, 5.41) is 13.2. The third-order valence-corrected chi connectivity index (χ3v) is 5.84. The van der Waals surface area contributed by atoms with Gasteiger partial charge in [0.05, 0.1) is 18.2 Å². The fourth-order valence-electron chi connectivity index (χ4n) is 3.61. The Morgan fingerprint density at radius 1 is 1.12 bits per heavy atom. The highest BCUT2D eigenvalue weighted by Crippen LogP contribution is 2.43. The van der Waals surface area contributed by atoms with Gasteiger partial charge in [-0.3, -0.25) is 14.5 Å². The molecule has 1 aliphatic rings. The van der Waals surface area contributed by atoms with E-state index in [1.165, 1.54) is 16.2 Å². The van der Waals surface area contributed by atoms with E-state index in [0.29, 0.717) is 41.0 Å². The highest BCUT2D eigenvalue weighted by Gasteiger charge is 2.47. The van der Waals surface area contributed by atoms with E-state index >= 15 is 0 Å². The van der Waals surface area contributed by atoms with Gasteiger partial charge in [0.15, 0.2) is 5.13 Å². The van der Waals surface area contributed by atoms with Gasteiger partial charge in [0.2, 0.25) is 0 Å². The van der Waals surface area contributed by atoms with Crippen molar-refractivity contribution in [1.82, 2.24) is 4.98 Å². The molecular weight excluding hydrogens is 440 g/mol. The lowest BCUT2D eigenvalue weighted by Crippen LogP contribution is -2.29. The quantitative estimate of drug-likeness (QED) is 0.225. The lowest BCUT2D eigenvalue weighted by atomic mass is 9.95. The molecule has 0 spiro atoms. The summed E-state index contributed by atoms with van der Waals surface area (Å²) in [5.41, 5.74) is 1.05. The van der Waals surface area contributed by atoms with Crippen LogP contribution in [0.25, 0.3) is 5.76 Å². The summed E-state index contributed by atoms with van der Waals surface area (Å²) in [6, 6.07) is 12.9. The molecule has 1 unspecified atom stereocenters. The topological polar surface area (TPSA) is 89.0 Å². The molecule has 1 aliphatic heterocycles. The summed E-state index contributed by atoms with van der Waals surface area (Å²) in [7, 11) is 0. The minimum atomic E-state index is -0.830. The second-order valence-corrected chi connectivity index (χ2v) is 7.98. The second kappa shape index (κ2) is 9.70. The van der Waals surface area contributed by atoms with Gasteiger partial charge in [-0.2, -0.15) is 0 Å². The van der Waals surface area contributed by atoms with E-state index in [9.17, 15) is 14.7 Å². The molecule has 1 N–H and O–H groups in total. The first-order chi connectivity index (χ1) is 16.0. The highest BCUT2D eigenvalue weighted by atomic mass is 32.1. The standard InChI is InChI=1S/C25H22N2O5S/c1-3-14-32-19-11-7-17(8-12-19)22(28)20-21(16-5-9-18(10-6-16)31-4-2)27(24(30)23(20)29)25-26-13-15-33-25/h3,5-13,15,21,28H,1,4,14H2,2H3. The van der Waals surface area contributed by atoms with Gasteiger partial charge in [0, 0.05) is 17.1 Å². The van der Waals surface area contributed by atoms with E-state index in [4.69, 9.17) is 9.47 Å². The van der Waals surface area contributed by atoms with Crippen molar-refractivity contribution >= 4 is 33.9 Å². The number of carbonyl (C=O) groups is 2. The molecule has 168 valence electrons. The van der Waals surface area contributed by atoms with Crippen LogP contribution in [0, 0.1) is 0 Å². The Kier molecular flexibility index (Phi) is 6.55. The largest absolute Gasteiger partial charge is 0.507 e. The fourth-order valence-corrected chi connectivity index (χ4v) is 4.28. The Morgan fingerprint density at radius 2 is 1.79 bits per heavy atom. The summed E-state index contributed by atoms with van der Waals surface area (Å²) < 4.78 is 11.0. The van der Waals surface area contributed by atoms with Crippen LogP contribution in [0.15, 0.2) is 78.3 Å². The molecule has 1 atom stereocenters. The van der Waals surface area contributed by atoms with Crippen LogP contribution < -0.4 is 14.4 Å². The molecule has 8 heteroatoms. The van der Waals surface area contributed by atoms with Gasteiger partial charge in [0.1, 0.15) is 23.9 Å². The number of hydrogen-bond acceptors (Lipinski definition) is 7. The van der Waals surface area contributed by atoms with E-state index < -0.39 is 17.7 Å². The van der Waals surface area contributed by atoms with Crippen molar-refractivity contribution in [3.05, 3.63) is 89.5 Å². The van der Waals surface area contributed by atoms with Crippen molar-refractivity contribution < 1.29 is 24.2 Å². The first kappa shape index (κ1) is 22.3. The average molecular weight is 463 g/mol. The SMILES string of the molecule is C=CCOc1ccc(C(O)=C2C(=O)C(=O)N(c3nccs3)C2c2ccc(OCC)cc2)cc1. The second-order valence-electron chi connectivity index (χ2n) is 7.11. The van der Waals surface area contributed by atoms with Crippen molar-refractivity contribution in [1.29, 1.82) is 0 Å². The van der Waals surface area contributed by atoms with Crippen LogP contribution in [0.1, 0.15) is 24.1 Å². The zero-order valence-electron chi connectivity index (χ0n) is 17.9. The predicted octanol–water partition coefficient (Wildman–Crippen LogP) is 4.73. The van der Waals surface area contributed by atoms with Crippen LogP contribution in [0.3, 0.4) is 0 Å². The number of aromatic nitrogens is 1. The molecule has 3 aromatic rings. The Hall–Kier alpha value is -3.91. The molecule has 0 bridgehead atoms. The number of benzene rings is 2. The monoisotopic (exact) mass is 462 g/mol. The molecular formula is C25H22N2O5S. The van der Waals surface area contributed by atoms with E-state index in [1.54, 1.807) is 66.2 Å². The lowest BCUT2D eigenvalue weighted by Gasteiger charge is -2.23. The van der Waals surface area contributed by atoms with Crippen molar-refractivity contribution in [2.24, 2.45) is 0 Å². The van der Waals surface area contributed by atoms with Gasteiger partial charge in [-0.1, -0.05) is 24.8 Å². The number of thiazole rings is 1. The van der Waals surface area contributed by atoms with Crippen molar-refractivity contribution in [3.63, 3.8) is 0 Å². The van der Waals surface area contributed by atoms with E-state index in [-0.39, 0.29) is 11.3 Å². The number of anilines is 1. The third kappa shape index (κ3) is 4.38. The van der Waals surface area contributed by atoms with Gasteiger partial charge in [-0.25, -0.2) is 4.98 Å². The number of nitrogens with zero attached hydrogens (tertiary/aromatic N) is 2. The summed E-state index contributed by atoms with van der Waals surface area (Å²) in [4.78, 5) is 31.7. The van der Waals surface area contributed by atoms with Crippen LogP contribution in [0.2, 0.25) is 0 Å². The molecule has 4 rings (SSSR count). The van der Waals surface area contributed by atoms with Crippen LogP contribution in [0.5, 0.6) is 11.5 Å². The number of carbonyl (C=O) groups excluding carboxylic acids is 2. The number of rotatable bonds is 8. The summed E-state index contributed by atoms with van der Waals surface area (Å²) in [6.07, 6.45) is 3.20. The zero-order valence-corrected chi connectivity index (χ0v) is 18.7. The summed E-state index contributed by atoms with van der Waals surface area (Å²) in [5.74, 6) is -0.508. The molecule has 2 aromatic carbocycles. The first-order valence-electron chi connectivity index (χ1n) is 10.3. The predicted molar refractivity (Wildman–Crippen MR) is 127 cm³/mol. The van der Waals surface area contributed by atoms with Crippen LogP contribution >= 0.6 is 11.3 Å². The summed E-state index contributed by atoms with van der Waals surface area (Å²) >= 11 is 1.24. The maximum absolute atomic E-state index is 13.1. The van der Waals surface area contributed by atoms with E-state index in [1.807, 2.05) is 6.92 Å². The number of Topliss-reactive ketones (excluding diaryl/α,β-unsaturated/α-hetero) is 1. The van der Waals surface area contributed by atoms with Gasteiger partial charge in [0.25, 0.3) is 5.78 Å². The Balaban J connectivity index is 1.80. The Morgan fingerprint density at radius 3 is 2.39 bits per heavy atom. The first-order valence-corrected chi connectivity index (χ1v) is 11.2.